The summed E-state index contributed by atoms with van der Waals surface area (Å²) in [5, 5.41) is 5.74. The fraction of sp³-hybridized carbons (Fsp3) is 0.643. The number of nitrogens with zero attached hydrogens (tertiary/aromatic N) is 3. The van der Waals surface area contributed by atoms with Gasteiger partial charge in [0.15, 0.2) is 4.96 Å². The number of aromatic nitrogens is 2. The largest absolute Gasteiger partial charge is 0.480 e. The molecule has 2 aromatic rings. The summed E-state index contributed by atoms with van der Waals surface area (Å²) in [5.41, 5.74) is 1.13. The van der Waals surface area contributed by atoms with E-state index in [-0.39, 0.29) is 0 Å². The maximum absolute atomic E-state index is 5.40. The summed E-state index contributed by atoms with van der Waals surface area (Å²) in [6, 6.07) is 1.49. The van der Waals surface area contributed by atoms with Gasteiger partial charge in [0, 0.05) is 43.3 Å². The van der Waals surface area contributed by atoms with Gasteiger partial charge in [0.2, 0.25) is 5.88 Å². The van der Waals surface area contributed by atoms with Crippen molar-refractivity contribution in [2.45, 2.75) is 37.9 Å². The predicted molar refractivity (Wildman–Crippen MR) is 79.5 cm³/mol. The maximum atomic E-state index is 5.40. The average Bonchev–Trinajstić information content (AvgIpc) is 2.90. The number of methoxy groups -OCH3 is 1. The van der Waals surface area contributed by atoms with Crippen molar-refractivity contribution in [3.63, 3.8) is 0 Å². The summed E-state index contributed by atoms with van der Waals surface area (Å²) in [4.78, 5) is 8.13. The smallest absolute Gasteiger partial charge is 0.237 e. The Labute approximate surface area is 122 Å². The molecule has 108 valence electrons. The van der Waals surface area contributed by atoms with Gasteiger partial charge in [-0.25, -0.2) is 0 Å². The van der Waals surface area contributed by atoms with Crippen LogP contribution in [0.25, 0.3) is 4.96 Å². The molecule has 1 aliphatic carbocycles. The van der Waals surface area contributed by atoms with Crippen LogP contribution in [0.1, 0.15) is 25.0 Å². The molecule has 2 aromatic heterocycles. The Hall–Kier alpha value is -1.11. The van der Waals surface area contributed by atoms with Crippen LogP contribution in [0.3, 0.4) is 0 Å². The van der Waals surface area contributed by atoms with Crippen LogP contribution in [0.15, 0.2) is 11.6 Å². The van der Waals surface area contributed by atoms with Crippen molar-refractivity contribution in [2.24, 2.45) is 0 Å². The highest BCUT2D eigenvalue weighted by Gasteiger charge is 2.34. The first-order chi connectivity index (χ1) is 9.85. The first-order valence-corrected chi connectivity index (χ1v) is 8.19. The van der Waals surface area contributed by atoms with Crippen LogP contribution < -0.4 is 10.1 Å². The van der Waals surface area contributed by atoms with Crippen LogP contribution in [-0.4, -0.2) is 46.6 Å². The third-order valence-corrected chi connectivity index (χ3v) is 5.12. The van der Waals surface area contributed by atoms with Gasteiger partial charge in [-0.15, -0.1) is 11.3 Å². The molecule has 0 amide bonds. The van der Waals surface area contributed by atoms with Crippen LogP contribution in [0.4, 0.5) is 0 Å². The van der Waals surface area contributed by atoms with Crippen molar-refractivity contribution in [2.75, 3.05) is 20.2 Å². The van der Waals surface area contributed by atoms with Crippen LogP contribution in [0, 0.1) is 0 Å². The molecule has 1 saturated carbocycles. The van der Waals surface area contributed by atoms with E-state index in [9.17, 15) is 0 Å². The molecule has 5 nitrogen and oxygen atoms in total. The fourth-order valence-corrected chi connectivity index (χ4v) is 3.83. The number of imidazole rings is 1. The molecule has 1 aliphatic heterocycles. The number of thiazole rings is 1. The second-order valence-electron chi connectivity index (χ2n) is 5.72. The van der Waals surface area contributed by atoms with Gasteiger partial charge < -0.3 is 10.1 Å². The summed E-state index contributed by atoms with van der Waals surface area (Å²) in [6.07, 6.45) is 6.12. The van der Waals surface area contributed by atoms with E-state index in [4.69, 9.17) is 4.74 Å². The highest BCUT2D eigenvalue weighted by atomic mass is 32.1. The monoisotopic (exact) mass is 292 g/mol. The van der Waals surface area contributed by atoms with E-state index in [2.05, 4.69) is 31.2 Å². The zero-order valence-electron chi connectivity index (χ0n) is 11.7. The van der Waals surface area contributed by atoms with E-state index in [1.807, 2.05) is 0 Å². The molecular weight excluding hydrogens is 272 g/mol. The Morgan fingerprint density at radius 1 is 1.45 bits per heavy atom. The van der Waals surface area contributed by atoms with Gasteiger partial charge in [0.1, 0.15) is 5.69 Å². The second kappa shape index (κ2) is 5.02. The van der Waals surface area contributed by atoms with Crippen LogP contribution in [0.2, 0.25) is 0 Å². The van der Waals surface area contributed by atoms with Crippen molar-refractivity contribution in [3.05, 3.63) is 17.3 Å². The van der Waals surface area contributed by atoms with E-state index in [0.717, 1.165) is 29.1 Å². The molecule has 1 atom stereocenters. The minimum atomic E-state index is 0.601. The van der Waals surface area contributed by atoms with Gasteiger partial charge in [0.25, 0.3) is 0 Å². The van der Waals surface area contributed by atoms with Crippen LogP contribution >= 0.6 is 11.3 Å². The SMILES string of the molecule is COc1nc2sccn2c1CNC1CCN(C2CC2)C1. The standard InChI is InChI=1S/C14H20N4OS/c1-19-13-12(18-6-7-20-14(18)16-13)8-15-10-4-5-17(9-10)11-2-3-11/h6-7,10-11,15H,2-5,8-9H2,1H3. The van der Waals surface area contributed by atoms with Gasteiger partial charge in [0.05, 0.1) is 7.11 Å². The zero-order chi connectivity index (χ0) is 13.5. The minimum absolute atomic E-state index is 0.601. The van der Waals surface area contributed by atoms with Crippen LogP contribution in [0.5, 0.6) is 5.88 Å². The average molecular weight is 292 g/mol. The first kappa shape index (κ1) is 12.6. The topological polar surface area (TPSA) is 41.8 Å². The lowest BCUT2D eigenvalue weighted by molar-refractivity contribution is 0.316. The zero-order valence-corrected chi connectivity index (χ0v) is 12.5. The minimum Gasteiger partial charge on any atom is -0.480 e. The van der Waals surface area contributed by atoms with Gasteiger partial charge in [-0.05, 0) is 19.3 Å². The Kier molecular flexibility index (Phi) is 3.17. The fourth-order valence-electron chi connectivity index (χ4n) is 3.10. The quantitative estimate of drug-likeness (QED) is 0.911. The van der Waals surface area contributed by atoms with Gasteiger partial charge >= 0.3 is 0 Å². The van der Waals surface area contributed by atoms with E-state index in [1.54, 1.807) is 18.4 Å². The first-order valence-electron chi connectivity index (χ1n) is 7.31. The summed E-state index contributed by atoms with van der Waals surface area (Å²) >= 11 is 1.64. The van der Waals surface area contributed by atoms with Crippen molar-refractivity contribution >= 4 is 16.3 Å². The molecule has 0 spiro atoms. The molecule has 0 bridgehead atoms. The molecule has 2 fully saturated rings. The number of hydrogen-bond donors (Lipinski definition) is 1. The second-order valence-corrected chi connectivity index (χ2v) is 6.59. The number of rotatable bonds is 5. The Morgan fingerprint density at radius 2 is 2.35 bits per heavy atom. The van der Waals surface area contributed by atoms with Crippen molar-refractivity contribution < 1.29 is 4.74 Å². The molecule has 0 radical (unpaired) electrons. The Balaban J connectivity index is 1.43. The normalized spacial score (nSPS) is 23.8. The molecule has 1 saturated heterocycles. The van der Waals surface area contributed by atoms with E-state index in [1.165, 1.54) is 32.4 Å². The molecule has 3 heterocycles. The third kappa shape index (κ3) is 2.21. The number of likely N-dealkylation sites (tertiary alicyclic amines) is 1. The van der Waals surface area contributed by atoms with E-state index >= 15 is 0 Å². The van der Waals surface area contributed by atoms with Gasteiger partial charge in [-0.1, -0.05) is 0 Å². The van der Waals surface area contributed by atoms with Crippen molar-refractivity contribution in [3.8, 4) is 5.88 Å². The number of hydrogen-bond acceptors (Lipinski definition) is 5. The lowest BCUT2D eigenvalue weighted by Crippen LogP contribution is -2.33. The summed E-state index contributed by atoms with van der Waals surface area (Å²) in [6.45, 7) is 3.27. The highest BCUT2D eigenvalue weighted by molar-refractivity contribution is 7.15. The molecular formula is C14H20N4OS. The van der Waals surface area contributed by atoms with Gasteiger partial charge in [-0.2, -0.15) is 4.98 Å². The lowest BCUT2D eigenvalue weighted by atomic mass is 10.2. The van der Waals surface area contributed by atoms with E-state index in [0.29, 0.717) is 6.04 Å². The number of fused-ring (bicyclic) bond motifs is 1. The summed E-state index contributed by atoms with van der Waals surface area (Å²) in [7, 11) is 1.69. The number of ether oxygens (including phenoxy) is 1. The molecule has 2 aliphatic rings. The maximum Gasteiger partial charge on any atom is 0.237 e. The molecule has 4 rings (SSSR count). The van der Waals surface area contributed by atoms with E-state index < -0.39 is 0 Å². The summed E-state index contributed by atoms with van der Waals surface area (Å²) < 4.78 is 7.53. The Morgan fingerprint density at radius 3 is 3.15 bits per heavy atom. The highest BCUT2D eigenvalue weighted by Crippen LogP contribution is 2.30. The molecule has 20 heavy (non-hydrogen) atoms. The summed E-state index contributed by atoms with van der Waals surface area (Å²) in [5.74, 6) is 0.751. The van der Waals surface area contributed by atoms with Crippen LogP contribution in [-0.2, 0) is 6.54 Å². The Bertz CT molecular complexity index is 603. The third-order valence-electron chi connectivity index (χ3n) is 4.36. The lowest BCUT2D eigenvalue weighted by Gasteiger charge is -2.15. The predicted octanol–water partition coefficient (Wildman–Crippen LogP) is 1.73. The van der Waals surface area contributed by atoms with Crippen molar-refractivity contribution in [1.29, 1.82) is 0 Å². The molecule has 6 heteroatoms. The molecule has 0 aromatic carbocycles. The molecule has 1 unspecified atom stereocenters. The number of nitrogens with one attached hydrogen (secondary N) is 1. The molecule has 1 N–H and O–H groups in total. The van der Waals surface area contributed by atoms with Crippen molar-refractivity contribution in [1.82, 2.24) is 19.6 Å². The van der Waals surface area contributed by atoms with Gasteiger partial charge in [-0.3, -0.25) is 9.30 Å².